The van der Waals surface area contributed by atoms with E-state index in [0.29, 0.717) is 18.7 Å². The van der Waals surface area contributed by atoms with Crippen molar-refractivity contribution in [3.05, 3.63) is 58.6 Å². The van der Waals surface area contributed by atoms with Gasteiger partial charge in [0.15, 0.2) is 0 Å². The molecule has 2 aliphatic rings. The minimum Gasteiger partial charge on any atom is -0.273 e. The van der Waals surface area contributed by atoms with Gasteiger partial charge in [-0.1, -0.05) is 71.2 Å². The van der Waals surface area contributed by atoms with Crippen molar-refractivity contribution >= 4 is 103 Å². The van der Waals surface area contributed by atoms with E-state index in [4.69, 9.17) is 47.6 Å². The average Bonchev–Trinajstić information content (AvgIpc) is 3.11. The minimum atomic E-state index is -0.0896. The van der Waals surface area contributed by atoms with E-state index in [2.05, 4.69) is 0 Å². The lowest BCUT2D eigenvalue weighted by Gasteiger charge is -2.14. The van der Waals surface area contributed by atoms with E-state index in [-0.39, 0.29) is 22.3 Å². The second-order valence-corrected chi connectivity index (χ2v) is 11.2. The largest absolute Gasteiger partial charge is 0.273 e. The Balaban J connectivity index is 0.000000171. The molecule has 0 bridgehead atoms. The second kappa shape index (κ2) is 9.97. The van der Waals surface area contributed by atoms with Gasteiger partial charge >= 0.3 is 0 Å². The summed E-state index contributed by atoms with van der Waals surface area (Å²) in [6, 6.07) is 14.2. The predicted octanol–water partition coefficient (Wildman–Crippen LogP) is 6.19. The van der Waals surface area contributed by atoms with Crippen molar-refractivity contribution in [1.82, 2.24) is 0 Å². The summed E-state index contributed by atoms with van der Waals surface area (Å²) in [7, 11) is 0. The number of benzene rings is 2. The van der Waals surface area contributed by atoms with Crippen LogP contribution in [0.2, 0.25) is 10.0 Å². The average molecular weight is 516 g/mol. The van der Waals surface area contributed by atoms with Crippen molar-refractivity contribution < 1.29 is 9.59 Å². The lowest BCUT2D eigenvalue weighted by atomic mass is 10.3. The van der Waals surface area contributed by atoms with Crippen LogP contribution < -0.4 is 9.80 Å². The highest BCUT2D eigenvalue weighted by atomic mass is 35.5. The maximum Gasteiger partial charge on any atom is 0.245 e. The highest BCUT2D eigenvalue weighted by molar-refractivity contribution is 8.25. The molecule has 4 nitrogen and oxygen atoms in total. The molecule has 0 N–H and O–H groups in total. The number of rotatable bonds is 2. The maximum atomic E-state index is 11.8. The first-order chi connectivity index (χ1) is 14.2. The highest BCUT2D eigenvalue weighted by Crippen LogP contribution is 2.33. The molecule has 0 saturated carbocycles. The fraction of sp³-hybridized carbons (Fsp3) is 0.200. The van der Waals surface area contributed by atoms with Gasteiger partial charge in [-0.3, -0.25) is 19.4 Å². The lowest BCUT2D eigenvalue weighted by molar-refractivity contribution is -0.117. The Hall–Kier alpha value is -1.16. The molecule has 2 amide bonds. The molecule has 2 unspecified atom stereocenters. The van der Waals surface area contributed by atoms with Gasteiger partial charge in [-0.2, -0.15) is 0 Å². The Morgan fingerprint density at radius 2 is 1.00 bits per heavy atom. The van der Waals surface area contributed by atoms with Crippen LogP contribution in [0.25, 0.3) is 0 Å². The van der Waals surface area contributed by atoms with Crippen molar-refractivity contribution in [1.29, 1.82) is 0 Å². The Morgan fingerprint density at radius 3 is 1.23 bits per heavy atom. The third-order valence-electron chi connectivity index (χ3n) is 4.23. The number of thiocarbonyl (C=S) groups is 2. The zero-order valence-corrected chi connectivity index (χ0v) is 20.7. The molecule has 10 heteroatoms. The molecular weight excluding hydrogens is 499 g/mol. The molecular formula is C20H16Cl2N2O2S4. The molecule has 2 saturated heterocycles. The van der Waals surface area contributed by atoms with Crippen molar-refractivity contribution in [2.24, 2.45) is 0 Å². The normalized spacial score (nSPS) is 21.2. The van der Waals surface area contributed by atoms with E-state index >= 15 is 0 Å². The van der Waals surface area contributed by atoms with Crippen LogP contribution in [0.4, 0.5) is 11.4 Å². The van der Waals surface area contributed by atoms with E-state index in [1.165, 1.54) is 23.5 Å². The molecule has 30 heavy (non-hydrogen) atoms. The van der Waals surface area contributed by atoms with Gasteiger partial charge in [0.05, 0.1) is 21.9 Å². The van der Waals surface area contributed by atoms with E-state index in [9.17, 15) is 9.59 Å². The number of thioether (sulfide) groups is 2. The molecule has 2 aromatic rings. The number of hydrogen-bond donors (Lipinski definition) is 0. The van der Waals surface area contributed by atoms with Gasteiger partial charge in [0.2, 0.25) is 11.8 Å². The second-order valence-electron chi connectivity index (χ2n) is 6.35. The van der Waals surface area contributed by atoms with Gasteiger partial charge in [0.25, 0.3) is 0 Å². The van der Waals surface area contributed by atoms with Gasteiger partial charge in [0.1, 0.15) is 8.64 Å². The van der Waals surface area contributed by atoms with Gasteiger partial charge < -0.3 is 0 Å². The first-order valence-electron chi connectivity index (χ1n) is 8.79. The summed E-state index contributed by atoms with van der Waals surface area (Å²) in [6.45, 7) is 3.71. The molecule has 2 atom stereocenters. The first kappa shape index (κ1) is 23.5. The molecule has 2 heterocycles. The topological polar surface area (TPSA) is 40.6 Å². The zero-order valence-electron chi connectivity index (χ0n) is 15.9. The number of amides is 2. The molecule has 2 aliphatic heterocycles. The Bertz CT molecular complexity index is 917. The number of anilines is 2. The Kier molecular flexibility index (Phi) is 7.81. The van der Waals surface area contributed by atoms with Gasteiger partial charge in [-0.05, 0) is 62.4 Å². The monoisotopic (exact) mass is 514 g/mol. The van der Waals surface area contributed by atoms with E-state index in [0.717, 1.165) is 11.4 Å². The maximum absolute atomic E-state index is 11.8. The van der Waals surface area contributed by atoms with Crippen molar-refractivity contribution in [3.63, 3.8) is 0 Å². The number of nitrogens with zero attached hydrogens (tertiary/aromatic N) is 2. The molecule has 4 rings (SSSR count). The van der Waals surface area contributed by atoms with Crippen molar-refractivity contribution in [3.8, 4) is 0 Å². The Labute approximate surface area is 204 Å². The number of hydrogen-bond acceptors (Lipinski definition) is 6. The SMILES string of the molecule is CC1SC(=S)N(c2ccc(Cl)cc2)C1=O.CC1SC(=S)N(c2ccc(Cl)cc2)C1=O. The van der Waals surface area contributed by atoms with Gasteiger partial charge in [-0.25, -0.2) is 0 Å². The van der Waals surface area contributed by atoms with E-state index in [1.807, 2.05) is 13.8 Å². The number of carbonyl (C=O) groups excluding carboxylic acids is 2. The van der Waals surface area contributed by atoms with Crippen molar-refractivity contribution in [2.45, 2.75) is 24.3 Å². The quantitative estimate of drug-likeness (QED) is 0.445. The summed E-state index contributed by atoms with van der Waals surface area (Å²) in [4.78, 5) is 26.7. The van der Waals surface area contributed by atoms with Crippen LogP contribution in [0.5, 0.6) is 0 Å². The van der Waals surface area contributed by atoms with Crippen LogP contribution in [0.15, 0.2) is 48.5 Å². The summed E-state index contributed by atoms with van der Waals surface area (Å²) >= 11 is 24.7. The van der Waals surface area contributed by atoms with Crippen LogP contribution in [0.1, 0.15) is 13.8 Å². The molecule has 2 fully saturated rings. The van der Waals surface area contributed by atoms with Crippen LogP contribution in [-0.2, 0) is 9.59 Å². The lowest BCUT2D eigenvalue weighted by Crippen LogP contribution is -2.30. The molecule has 2 aromatic carbocycles. The molecule has 0 aromatic heterocycles. The highest BCUT2D eigenvalue weighted by Gasteiger charge is 2.35. The summed E-state index contributed by atoms with van der Waals surface area (Å²) in [5, 5.41) is 1.12. The summed E-state index contributed by atoms with van der Waals surface area (Å²) in [6.07, 6.45) is 0. The molecule has 156 valence electrons. The summed E-state index contributed by atoms with van der Waals surface area (Å²) < 4.78 is 1.21. The third-order valence-corrected chi connectivity index (χ3v) is 7.55. The van der Waals surface area contributed by atoms with Crippen molar-refractivity contribution in [2.75, 3.05) is 9.80 Å². The van der Waals surface area contributed by atoms with E-state index < -0.39 is 0 Å². The fourth-order valence-corrected chi connectivity index (χ4v) is 5.83. The molecule has 0 radical (unpaired) electrons. The number of halogens is 2. The van der Waals surface area contributed by atoms with Gasteiger partial charge in [-0.15, -0.1) is 0 Å². The zero-order chi connectivity index (χ0) is 22.0. The summed E-state index contributed by atoms with van der Waals surface area (Å²) in [5.74, 6) is 0.0691. The summed E-state index contributed by atoms with van der Waals surface area (Å²) in [5.41, 5.74) is 1.57. The van der Waals surface area contributed by atoms with Crippen LogP contribution >= 0.6 is 71.2 Å². The first-order valence-corrected chi connectivity index (χ1v) is 12.1. The minimum absolute atomic E-state index is 0.0346. The predicted molar refractivity (Wildman–Crippen MR) is 137 cm³/mol. The van der Waals surface area contributed by atoms with Crippen LogP contribution in [-0.4, -0.2) is 31.0 Å². The Morgan fingerprint density at radius 1 is 0.700 bits per heavy atom. The number of carbonyl (C=O) groups is 2. The van der Waals surface area contributed by atoms with Crippen LogP contribution in [0, 0.1) is 0 Å². The molecule has 0 spiro atoms. The molecule has 0 aliphatic carbocycles. The smallest absolute Gasteiger partial charge is 0.245 e. The van der Waals surface area contributed by atoms with Gasteiger partial charge in [0, 0.05) is 10.0 Å². The fourth-order valence-electron chi connectivity index (χ4n) is 2.70. The third kappa shape index (κ3) is 5.18. The van der Waals surface area contributed by atoms with E-state index in [1.54, 1.807) is 58.3 Å². The standard InChI is InChI=1S/2C10H8ClNOS2/c2*1-6-9(13)12(10(14)15-6)8-4-2-7(11)3-5-8/h2*2-6H,1H3. The van der Waals surface area contributed by atoms with Crippen LogP contribution in [0.3, 0.4) is 0 Å².